The average Bonchev–Trinajstić information content (AvgIpc) is 2.89. The molecule has 0 fully saturated rings. The van der Waals surface area contributed by atoms with Crippen molar-refractivity contribution in [3.8, 4) is 0 Å². The first-order valence-electron chi connectivity index (χ1n) is 9.05. The molecule has 146 valence electrons. The minimum absolute atomic E-state index is 0.0337. The molecule has 3 N–H and O–H groups in total. The van der Waals surface area contributed by atoms with Crippen molar-refractivity contribution >= 4 is 28.7 Å². The summed E-state index contributed by atoms with van der Waals surface area (Å²) in [6.07, 6.45) is 0.310. The molecular formula is C20H27N3O4. The molecule has 1 heterocycles. The molecule has 1 aromatic carbocycles. The van der Waals surface area contributed by atoms with Gasteiger partial charge in [-0.1, -0.05) is 25.5 Å². The molecule has 0 aliphatic rings. The Balaban J connectivity index is 2.16. The van der Waals surface area contributed by atoms with Gasteiger partial charge in [-0.15, -0.1) is 0 Å². The fourth-order valence-electron chi connectivity index (χ4n) is 3.04. The van der Waals surface area contributed by atoms with Crippen LogP contribution in [0.3, 0.4) is 0 Å². The molecule has 0 aliphatic heterocycles. The second-order valence-electron chi connectivity index (χ2n) is 7.24. The van der Waals surface area contributed by atoms with Gasteiger partial charge in [0.25, 0.3) is 5.91 Å². The van der Waals surface area contributed by atoms with Gasteiger partial charge in [0, 0.05) is 24.5 Å². The second-order valence-corrected chi connectivity index (χ2v) is 7.24. The Hall–Kier alpha value is -2.83. The van der Waals surface area contributed by atoms with Gasteiger partial charge in [-0.2, -0.15) is 0 Å². The number of nitrogens with one attached hydrogen (secondary N) is 2. The molecule has 0 spiro atoms. The molecule has 1 atom stereocenters. The number of carboxylic acids is 1. The molecule has 2 rings (SSSR count). The predicted molar refractivity (Wildman–Crippen MR) is 104 cm³/mol. The Kier molecular flexibility index (Phi) is 6.60. The number of carbonyl (C=O) groups is 3. The van der Waals surface area contributed by atoms with E-state index in [4.69, 9.17) is 5.11 Å². The molecule has 0 saturated carbocycles. The van der Waals surface area contributed by atoms with Crippen molar-refractivity contribution in [2.45, 2.75) is 39.7 Å². The zero-order valence-electron chi connectivity index (χ0n) is 16.2. The maximum Gasteiger partial charge on any atom is 0.305 e. The van der Waals surface area contributed by atoms with Crippen LogP contribution >= 0.6 is 0 Å². The number of aryl methyl sites for hydroxylation is 2. The van der Waals surface area contributed by atoms with Crippen LogP contribution in [0.5, 0.6) is 0 Å². The number of aromatic nitrogens is 1. The van der Waals surface area contributed by atoms with Gasteiger partial charge in [0.2, 0.25) is 5.91 Å². The molecule has 0 radical (unpaired) electrons. The van der Waals surface area contributed by atoms with Crippen LogP contribution in [0.15, 0.2) is 24.3 Å². The van der Waals surface area contributed by atoms with Crippen LogP contribution in [0.4, 0.5) is 0 Å². The number of carbonyl (C=O) groups excluding carboxylic acids is 2. The number of fused-ring (bicyclic) bond motifs is 1. The number of amides is 2. The summed E-state index contributed by atoms with van der Waals surface area (Å²) >= 11 is 0. The SMILES string of the molecule is Cc1ccc2c(c1)cc(C(=O)NC(CC(C)C)C(=O)NCCC(=O)O)n2C. The number of nitrogens with zero attached hydrogens (tertiary/aromatic N) is 1. The van der Waals surface area contributed by atoms with E-state index in [2.05, 4.69) is 10.6 Å². The average molecular weight is 373 g/mol. The summed E-state index contributed by atoms with van der Waals surface area (Å²) in [5, 5.41) is 15.0. The van der Waals surface area contributed by atoms with Crippen molar-refractivity contribution < 1.29 is 19.5 Å². The van der Waals surface area contributed by atoms with Gasteiger partial charge < -0.3 is 20.3 Å². The molecule has 1 unspecified atom stereocenters. The highest BCUT2D eigenvalue weighted by Gasteiger charge is 2.24. The lowest BCUT2D eigenvalue weighted by Crippen LogP contribution is -2.48. The lowest BCUT2D eigenvalue weighted by molar-refractivity contribution is -0.137. The number of carboxylic acid groups (broad SMARTS) is 1. The lowest BCUT2D eigenvalue weighted by atomic mass is 10.0. The zero-order chi connectivity index (χ0) is 20.1. The lowest BCUT2D eigenvalue weighted by Gasteiger charge is -2.20. The summed E-state index contributed by atoms with van der Waals surface area (Å²) in [6, 6.07) is 7.06. The summed E-state index contributed by atoms with van der Waals surface area (Å²) in [5.41, 5.74) is 2.52. The van der Waals surface area contributed by atoms with Gasteiger partial charge in [-0.25, -0.2) is 0 Å². The van der Waals surface area contributed by atoms with Gasteiger partial charge in [-0.3, -0.25) is 14.4 Å². The zero-order valence-corrected chi connectivity index (χ0v) is 16.2. The third-order valence-corrected chi connectivity index (χ3v) is 4.40. The van der Waals surface area contributed by atoms with E-state index >= 15 is 0 Å². The highest BCUT2D eigenvalue weighted by Crippen LogP contribution is 2.20. The third-order valence-electron chi connectivity index (χ3n) is 4.40. The van der Waals surface area contributed by atoms with Crippen LogP contribution in [-0.2, 0) is 16.6 Å². The predicted octanol–water partition coefficient (Wildman–Crippen LogP) is 2.22. The quantitative estimate of drug-likeness (QED) is 0.660. The first-order chi connectivity index (χ1) is 12.7. The van der Waals surface area contributed by atoms with Gasteiger partial charge >= 0.3 is 5.97 Å². The van der Waals surface area contributed by atoms with Gasteiger partial charge in [-0.05, 0) is 37.5 Å². The van der Waals surface area contributed by atoms with Crippen LogP contribution in [0.25, 0.3) is 10.9 Å². The number of aliphatic carboxylic acids is 1. The van der Waals surface area contributed by atoms with E-state index in [-0.39, 0.29) is 30.7 Å². The summed E-state index contributed by atoms with van der Waals surface area (Å²) < 4.78 is 1.80. The standard InChI is InChI=1S/C20H27N3O4/c1-12(2)9-15(19(26)21-8-7-18(24)25)22-20(27)17-11-14-10-13(3)5-6-16(14)23(17)4/h5-6,10-12,15H,7-9H2,1-4H3,(H,21,26)(H,22,27)(H,24,25). The van der Waals surface area contributed by atoms with Crippen molar-refractivity contribution in [1.29, 1.82) is 0 Å². The molecule has 0 bridgehead atoms. The number of hydrogen-bond donors (Lipinski definition) is 3. The van der Waals surface area contributed by atoms with Crippen LogP contribution in [0.1, 0.15) is 42.7 Å². The number of benzene rings is 1. The minimum atomic E-state index is -0.981. The molecule has 27 heavy (non-hydrogen) atoms. The minimum Gasteiger partial charge on any atom is -0.481 e. The van der Waals surface area contributed by atoms with Gasteiger partial charge in [0.05, 0.1) is 6.42 Å². The fraction of sp³-hybridized carbons (Fsp3) is 0.450. The van der Waals surface area contributed by atoms with E-state index in [0.717, 1.165) is 16.5 Å². The molecule has 0 aliphatic carbocycles. The van der Waals surface area contributed by atoms with Crippen molar-refractivity contribution in [1.82, 2.24) is 15.2 Å². The van der Waals surface area contributed by atoms with Crippen molar-refractivity contribution in [2.75, 3.05) is 6.54 Å². The Morgan fingerprint density at radius 3 is 2.52 bits per heavy atom. The van der Waals surface area contributed by atoms with Crippen molar-refractivity contribution in [3.05, 3.63) is 35.5 Å². The van der Waals surface area contributed by atoms with E-state index in [9.17, 15) is 14.4 Å². The van der Waals surface area contributed by atoms with E-state index < -0.39 is 12.0 Å². The Labute approximate surface area is 158 Å². The monoisotopic (exact) mass is 373 g/mol. The van der Waals surface area contributed by atoms with E-state index in [1.807, 2.05) is 52.1 Å². The first-order valence-corrected chi connectivity index (χ1v) is 9.05. The molecule has 0 saturated heterocycles. The third kappa shape index (κ3) is 5.32. The number of hydrogen-bond acceptors (Lipinski definition) is 3. The Morgan fingerprint density at radius 1 is 1.19 bits per heavy atom. The molecular weight excluding hydrogens is 346 g/mol. The Morgan fingerprint density at radius 2 is 1.89 bits per heavy atom. The molecule has 7 heteroatoms. The summed E-state index contributed by atoms with van der Waals surface area (Å²) in [6.45, 7) is 5.95. The summed E-state index contributed by atoms with van der Waals surface area (Å²) in [4.78, 5) is 35.8. The van der Waals surface area contributed by atoms with E-state index in [1.54, 1.807) is 4.57 Å². The van der Waals surface area contributed by atoms with Gasteiger partial charge in [0.15, 0.2) is 0 Å². The van der Waals surface area contributed by atoms with E-state index in [1.165, 1.54) is 0 Å². The highest BCUT2D eigenvalue weighted by atomic mass is 16.4. The molecule has 1 aromatic heterocycles. The fourth-order valence-corrected chi connectivity index (χ4v) is 3.04. The Bertz CT molecular complexity index is 854. The largest absolute Gasteiger partial charge is 0.481 e. The topological polar surface area (TPSA) is 100 Å². The summed E-state index contributed by atoms with van der Waals surface area (Å²) in [7, 11) is 1.82. The second kappa shape index (κ2) is 8.70. The first kappa shape index (κ1) is 20.5. The highest BCUT2D eigenvalue weighted by molar-refractivity contribution is 6.00. The maximum absolute atomic E-state index is 12.8. The molecule has 2 amide bonds. The van der Waals surface area contributed by atoms with Crippen LogP contribution in [0.2, 0.25) is 0 Å². The van der Waals surface area contributed by atoms with Crippen LogP contribution < -0.4 is 10.6 Å². The smallest absolute Gasteiger partial charge is 0.305 e. The van der Waals surface area contributed by atoms with Crippen LogP contribution in [-0.4, -0.2) is 40.0 Å². The van der Waals surface area contributed by atoms with Crippen LogP contribution in [0, 0.1) is 12.8 Å². The van der Waals surface area contributed by atoms with E-state index in [0.29, 0.717) is 12.1 Å². The van der Waals surface area contributed by atoms with Gasteiger partial charge in [0.1, 0.15) is 11.7 Å². The molecule has 7 nitrogen and oxygen atoms in total. The maximum atomic E-state index is 12.8. The van der Waals surface area contributed by atoms with Crippen molar-refractivity contribution in [2.24, 2.45) is 13.0 Å². The normalized spacial score (nSPS) is 12.2. The molecule has 2 aromatic rings. The number of rotatable bonds is 8. The van der Waals surface area contributed by atoms with Crippen molar-refractivity contribution in [3.63, 3.8) is 0 Å². The summed E-state index contributed by atoms with van der Waals surface area (Å²) in [5.74, 6) is -1.49.